The Morgan fingerprint density at radius 3 is 2.85 bits per heavy atom. The minimum Gasteiger partial charge on any atom is -0.381 e. The van der Waals surface area contributed by atoms with E-state index in [2.05, 4.69) is 41.7 Å². The second-order valence-corrected chi connectivity index (χ2v) is 5.99. The topological polar surface area (TPSA) is 24.9 Å². The van der Waals surface area contributed by atoms with Gasteiger partial charge in [-0.2, -0.15) is 0 Å². The van der Waals surface area contributed by atoms with Crippen LogP contribution in [0.3, 0.4) is 0 Å². The molecule has 0 spiro atoms. The van der Waals surface area contributed by atoms with E-state index in [0.29, 0.717) is 12.0 Å². The predicted molar refractivity (Wildman–Crippen MR) is 82.1 cm³/mol. The summed E-state index contributed by atoms with van der Waals surface area (Å²) in [6.45, 7) is 0. The van der Waals surface area contributed by atoms with E-state index in [-0.39, 0.29) is 0 Å². The highest BCUT2D eigenvalue weighted by Gasteiger charge is 2.31. The van der Waals surface area contributed by atoms with Crippen molar-refractivity contribution in [2.24, 2.45) is 0 Å². The number of hydrogen-bond acceptors (Lipinski definition) is 2. The van der Waals surface area contributed by atoms with Crippen molar-refractivity contribution in [1.29, 1.82) is 0 Å². The number of nitrogens with zero attached hydrogens (tertiary/aromatic N) is 1. The van der Waals surface area contributed by atoms with E-state index >= 15 is 0 Å². The van der Waals surface area contributed by atoms with Gasteiger partial charge in [0.05, 0.1) is 0 Å². The lowest BCUT2D eigenvalue weighted by atomic mass is 9.79. The van der Waals surface area contributed by atoms with Crippen molar-refractivity contribution >= 4 is 5.69 Å². The second kappa shape index (κ2) is 4.93. The lowest BCUT2D eigenvalue weighted by molar-refractivity contribution is 0.446. The highest BCUT2D eigenvalue weighted by molar-refractivity contribution is 5.54. The van der Waals surface area contributed by atoms with E-state index in [1.807, 2.05) is 6.20 Å². The molecule has 1 aliphatic carbocycles. The van der Waals surface area contributed by atoms with Crippen LogP contribution in [0.2, 0.25) is 0 Å². The molecule has 2 atom stereocenters. The minimum atomic E-state index is 0.541. The summed E-state index contributed by atoms with van der Waals surface area (Å²) >= 11 is 0. The van der Waals surface area contributed by atoms with Crippen LogP contribution < -0.4 is 5.32 Å². The first kappa shape index (κ1) is 12.0. The van der Waals surface area contributed by atoms with Crippen molar-refractivity contribution in [3.63, 3.8) is 0 Å². The molecule has 2 heteroatoms. The summed E-state index contributed by atoms with van der Waals surface area (Å²) in [6.07, 6.45) is 8.12. The fourth-order valence-electron chi connectivity index (χ4n) is 3.80. The molecule has 2 aliphatic rings. The number of nitrogens with one attached hydrogen (secondary N) is 1. The summed E-state index contributed by atoms with van der Waals surface area (Å²) in [4.78, 5) is 4.69. The minimum absolute atomic E-state index is 0.541. The summed E-state index contributed by atoms with van der Waals surface area (Å²) < 4.78 is 0. The first-order chi connectivity index (χ1) is 9.92. The maximum absolute atomic E-state index is 4.69. The summed E-state index contributed by atoms with van der Waals surface area (Å²) in [5.41, 5.74) is 5.59. The van der Waals surface area contributed by atoms with Crippen LogP contribution in [0.5, 0.6) is 0 Å². The molecule has 2 heterocycles. The van der Waals surface area contributed by atoms with Crippen molar-refractivity contribution in [3.8, 4) is 0 Å². The average Bonchev–Trinajstić information content (AvgIpc) is 2.54. The van der Waals surface area contributed by atoms with E-state index in [9.17, 15) is 0 Å². The monoisotopic (exact) mass is 264 g/mol. The third-order valence-electron chi connectivity index (χ3n) is 4.81. The predicted octanol–water partition coefficient (Wildman–Crippen LogP) is 3.93. The summed E-state index contributed by atoms with van der Waals surface area (Å²) in [5, 5.41) is 3.77. The summed E-state index contributed by atoms with van der Waals surface area (Å²) in [7, 11) is 0. The van der Waals surface area contributed by atoms with Gasteiger partial charge in [0.1, 0.15) is 0 Å². The Bertz CT molecular complexity index is 620. The van der Waals surface area contributed by atoms with Gasteiger partial charge in [-0.3, -0.25) is 4.98 Å². The fourth-order valence-corrected chi connectivity index (χ4v) is 3.80. The largest absolute Gasteiger partial charge is 0.381 e. The first-order valence-corrected chi connectivity index (χ1v) is 7.70. The van der Waals surface area contributed by atoms with Gasteiger partial charge in [-0.15, -0.1) is 0 Å². The molecular formula is C18H20N2. The summed E-state index contributed by atoms with van der Waals surface area (Å²) in [5.74, 6) is 0.577. The smallest absolute Gasteiger partial charge is 0.0486 e. The van der Waals surface area contributed by atoms with Gasteiger partial charge in [0.25, 0.3) is 0 Å². The van der Waals surface area contributed by atoms with Crippen molar-refractivity contribution in [3.05, 3.63) is 59.4 Å². The van der Waals surface area contributed by atoms with Crippen LogP contribution in [-0.4, -0.2) is 11.0 Å². The quantitative estimate of drug-likeness (QED) is 0.844. The SMILES string of the molecule is c1ccc2c(c1)CCC(C1CCCc3cccnc31)N2. The van der Waals surface area contributed by atoms with E-state index in [1.165, 1.54) is 54.6 Å². The molecule has 1 N–H and O–H groups in total. The number of rotatable bonds is 1. The molecule has 1 aliphatic heterocycles. The Labute approximate surface area is 120 Å². The van der Waals surface area contributed by atoms with Crippen LogP contribution in [0, 0.1) is 0 Å². The Balaban J connectivity index is 1.64. The van der Waals surface area contributed by atoms with Crippen LogP contribution in [0.25, 0.3) is 0 Å². The molecule has 0 saturated heterocycles. The van der Waals surface area contributed by atoms with Crippen molar-refractivity contribution in [2.75, 3.05) is 5.32 Å². The average molecular weight is 264 g/mol. The molecule has 102 valence electrons. The zero-order chi connectivity index (χ0) is 13.4. The highest BCUT2D eigenvalue weighted by atomic mass is 14.9. The molecule has 0 saturated carbocycles. The fraction of sp³-hybridized carbons (Fsp3) is 0.389. The van der Waals surface area contributed by atoms with Gasteiger partial charge in [-0.25, -0.2) is 0 Å². The molecule has 1 aromatic heterocycles. The number of para-hydroxylation sites is 1. The molecular weight excluding hydrogens is 244 g/mol. The Kier molecular flexibility index (Phi) is 2.95. The van der Waals surface area contributed by atoms with E-state index < -0.39 is 0 Å². The molecule has 2 nitrogen and oxygen atoms in total. The molecule has 2 unspecified atom stereocenters. The summed E-state index contributed by atoms with van der Waals surface area (Å²) in [6, 6.07) is 13.6. The number of hydrogen-bond donors (Lipinski definition) is 1. The number of anilines is 1. The van der Waals surface area contributed by atoms with E-state index in [0.717, 1.165) is 0 Å². The number of pyridine rings is 1. The molecule has 2 aromatic rings. The normalized spacial score (nSPS) is 24.4. The van der Waals surface area contributed by atoms with Crippen LogP contribution in [0.1, 0.15) is 42.0 Å². The second-order valence-electron chi connectivity index (χ2n) is 5.99. The number of aromatic nitrogens is 1. The third kappa shape index (κ3) is 2.00. The molecule has 0 radical (unpaired) electrons. The molecule has 20 heavy (non-hydrogen) atoms. The lowest BCUT2D eigenvalue weighted by Gasteiger charge is -2.36. The van der Waals surface area contributed by atoms with Gasteiger partial charge < -0.3 is 5.32 Å². The van der Waals surface area contributed by atoms with E-state index in [4.69, 9.17) is 4.98 Å². The van der Waals surface area contributed by atoms with Gasteiger partial charge >= 0.3 is 0 Å². The number of aryl methyl sites for hydroxylation is 2. The maximum atomic E-state index is 4.69. The number of fused-ring (bicyclic) bond motifs is 2. The van der Waals surface area contributed by atoms with Gasteiger partial charge in [-0.1, -0.05) is 24.3 Å². The van der Waals surface area contributed by atoms with Crippen molar-refractivity contribution in [1.82, 2.24) is 4.98 Å². The van der Waals surface area contributed by atoms with Crippen molar-refractivity contribution < 1.29 is 0 Å². The maximum Gasteiger partial charge on any atom is 0.0486 e. The molecule has 0 amide bonds. The van der Waals surface area contributed by atoms with Crippen LogP contribution in [0.15, 0.2) is 42.6 Å². The first-order valence-electron chi connectivity index (χ1n) is 7.70. The lowest BCUT2D eigenvalue weighted by Crippen LogP contribution is -2.34. The Morgan fingerprint density at radius 1 is 0.950 bits per heavy atom. The van der Waals surface area contributed by atoms with Gasteiger partial charge in [-0.05, 0) is 55.4 Å². The van der Waals surface area contributed by atoms with E-state index in [1.54, 1.807) is 0 Å². The Hall–Kier alpha value is -1.83. The van der Waals surface area contributed by atoms with Crippen LogP contribution >= 0.6 is 0 Å². The molecule has 0 fully saturated rings. The number of benzene rings is 1. The zero-order valence-corrected chi connectivity index (χ0v) is 11.7. The molecule has 4 rings (SSSR count). The van der Waals surface area contributed by atoms with Crippen LogP contribution in [-0.2, 0) is 12.8 Å². The van der Waals surface area contributed by atoms with Crippen molar-refractivity contribution in [2.45, 2.75) is 44.1 Å². The third-order valence-corrected chi connectivity index (χ3v) is 4.81. The van der Waals surface area contributed by atoms with Gasteiger partial charge in [0, 0.05) is 29.5 Å². The molecule has 1 aromatic carbocycles. The van der Waals surface area contributed by atoms with Crippen LogP contribution in [0.4, 0.5) is 5.69 Å². The van der Waals surface area contributed by atoms with Gasteiger partial charge in [0.2, 0.25) is 0 Å². The zero-order valence-electron chi connectivity index (χ0n) is 11.7. The molecule has 0 bridgehead atoms. The van der Waals surface area contributed by atoms with Gasteiger partial charge in [0.15, 0.2) is 0 Å². The Morgan fingerprint density at radius 2 is 1.85 bits per heavy atom. The standard InChI is InChI=1S/C18H20N2/c1-2-9-16-13(5-1)10-11-17(20-16)15-8-3-6-14-7-4-12-19-18(14)15/h1-2,4-5,7,9,12,15,17,20H,3,6,8,10-11H2. The highest BCUT2D eigenvalue weighted by Crippen LogP contribution is 2.37.